The van der Waals surface area contributed by atoms with E-state index in [1.165, 1.54) is 57.1 Å². The van der Waals surface area contributed by atoms with E-state index >= 15 is 0 Å². The van der Waals surface area contributed by atoms with Crippen LogP contribution in [0.1, 0.15) is 87.9 Å². The second kappa shape index (κ2) is 13.9. The van der Waals surface area contributed by atoms with Crippen LogP contribution in [-0.2, 0) is 4.74 Å². The van der Waals surface area contributed by atoms with Crippen LogP contribution < -0.4 is 4.74 Å². The Labute approximate surface area is 202 Å². The molecule has 6 heteroatoms. The summed E-state index contributed by atoms with van der Waals surface area (Å²) in [6.45, 7) is 0.875. The van der Waals surface area contributed by atoms with Crippen molar-refractivity contribution in [3.8, 4) is 23.0 Å². The molecule has 0 bridgehead atoms. The van der Waals surface area contributed by atoms with Crippen molar-refractivity contribution < 1.29 is 29.9 Å². The highest BCUT2D eigenvalue weighted by Crippen LogP contribution is 2.45. The van der Waals surface area contributed by atoms with Crippen LogP contribution >= 0.6 is 0 Å². The maximum Gasteiger partial charge on any atom is 0.141 e. The average molecular weight is 471 g/mol. The third-order valence-electron chi connectivity index (χ3n) is 6.16. The number of aliphatic hydroxyl groups excluding tert-OH is 1. The van der Waals surface area contributed by atoms with Crippen molar-refractivity contribution in [2.45, 2.75) is 76.7 Å². The molecule has 0 saturated carbocycles. The van der Waals surface area contributed by atoms with Crippen molar-refractivity contribution in [1.29, 1.82) is 0 Å². The second-order valence-corrected chi connectivity index (χ2v) is 8.96. The van der Waals surface area contributed by atoms with Crippen LogP contribution in [0.4, 0.5) is 0 Å². The number of unbranched alkanes of at least 4 members (excludes halogenated alkanes) is 10. The number of phenols is 3. The monoisotopic (exact) mass is 470 g/mol. The molecular formula is C28H38O6. The molecule has 3 rings (SSSR count). The molecule has 1 unspecified atom stereocenters. The highest BCUT2D eigenvalue weighted by molar-refractivity contribution is 5.68. The molecule has 1 heterocycles. The molecule has 34 heavy (non-hydrogen) atoms. The summed E-state index contributed by atoms with van der Waals surface area (Å²) in [4.78, 5) is 0. The van der Waals surface area contributed by atoms with Crippen molar-refractivity contribution in [2.24, 2.45) is 0 Å². The van der Waals surface area contributed by atoms with Gasteiger partial charge in [0, 0.05) is 30.9 Å². The summed E-state index contributed by atoms with van der Waals surface area (Å²) in [5, 5.41) is 38.7. The van der Waals surface area contributed by atoms with Gasteiger partial charge in [-0.05, 0) is 43.2 Å². The van der Waals surface area contributed by atoms with E-state index < -0.39 is 6.10 Å². The summed E-state index contributed by atoms with van der Waals surface area (Å²) in [7, 11) is 0. The van der Waals surface area contributed by atoms with Crippen LogP contribution in [0.3, 0.4) is 0 Å². The Morgan fingerprint density at radius 1 is 0.706 bits per heavy atom. The fraction of sp³-hybridized carbons (Fsp3) is 0.500. The zero-order chi connectivity index (χ0) is 24.2. The van der Waals surface area contributed by atoms with Crippen molar-refractivity contribution in [1.82, 2.24) is 0 Å². The van der Waals surface area contributed by atoms with Gasteiger partial charge in [-0.15, -0.1) is 0 Å². The molecule has 0 amide bonds. The van der Waals surface area contributed by atoms with Crippen molar-refractivity contribution in [2.75, 3.05) is 13.2 Å². The summed E-state index contributed by atoms with van der Waals surface area (Å²) < 4.78 is 12.1. The van der Waals surface area contributed by atoms with E-state index in [9.17, 15) is 15.3 Å². The number of rotatable bonds is 15. The van der Waals surface area contributed by atoms with Gasteiger partial charge in [0.15, 0.2) is 0 Å². The summed E-state index contributed by atoms with van der Waals surface area (Å²) >= 11 is 0. The molecule has 2 aromatic rings. The maximum atomic E-state index is 10.4. The minimum atomic E-state index is -0.487. The molecule has 1 aliphatic rings. The van der Waals surface area contributed by atoms with E-state index in [4.69, 9.17) is 14.6 Å². The van der Waals surface area contributed by atoms with Crippen molar-refractivity contribution in [3.63, 3.8) is 0 Å². The van der Waals surface area contributed by atoms with E-state index in [2.05, 4.69) is 0 Å². The Morgan fingerprint density at radius 2 is 1.29 bits per heavy atom. The Hall–Kier alpha value is -2.70. The molecule has 2 aromatic carbocycles. The number of fused-ring (bicyclic) bond motifs is 1. The lowest BCUT2D eigenvalue weighted by atomic mass is 10.0. The number of aromatic hydroxyl groups is 3. The van der Waals surface area contributed by atoms with Crippen LogP contribution in [0, 0.1) is 0 Å². The average Bonchev–Trinajstić information content (AvgIpc) is 2.81. The lowest BCUT2D eigenvalue weighted by Gasteiger charge is -2.26. The Balaban J connectivity index is 1.44. The molecule has 0 saturated heterocycles. The second-order valence-electron chi connectivity index (χ2n) is 8.96. The summed E-state index contributed by atoms with van der Waals surface area (Å²) in [5.74, 6) is 0.953. The minimum absolute atomic E-state index is 0.0580. The lowest BCUT2D eigenvalue weighted by molar-refractivity contribution is 0.0756. The van der Waals surface area contributed by atoms with Gasteiger partial charge in [-0.3, -0.25) is 0 Å². The molecule has 1 atom stereocenters. The van der Waals surface area contributed by atoms with Gasteiger partial charge in [-0.1, -0.05) is 57.8 Å². The number of phenolic OH excluding ortho intramolecular Hbond substituents is 3. The van der Waals surface area contributed by atoms with Crippen LogP contribution in [-0.4, -0.2) is 33.6 Å². The zero-order valence-electron chi connectivity index (χ0n) is 19.9. The van der Waals surface area contributed by atoms with Crippen LogP contribution in [0.15, 0.2) is 42.5 Å². The van der Waals surface area contributed by atoms with Gasteiger partial charge in [-0.25, -0.2) is 0 Å². The van der Waals surface area contributed by atoms with E-state index in [0.717, 1.165) is 31.2 Å². The van der Waals surface area contributed by atoms with Crippen LogP contribution in [0.2, 0.25) is 0 Å². The van der Waals surface area contributed by atoms with Gasteiger partial charge in [-0.2, -0.15) is 0 Å². The first kappa shape index (κ1) is 25.9. The smallest absolute Gasteiger partial charge is 0.141 e. The largest absolute Gasteiger partial charge is 0.508 e. The van der Waals surface area contributed by atoms with E-state index in [-0.39, 0.29) is 17.2 Å². The summed E-state index contributed by atoms with van der Waals surface area (Å²) in [5.41, 5.74) is 1.28. The summed E-state index contributed by atoms with van der Waals surface area (Å²) in [6.07, 6.45) is 14.2. The third kappa shape index (κ3) is 7.96. The first-order valence-corrected chi connectivity index (χ1v) is 12.6. The quantitative estimate of drug-likeness (QED) is 0.220. The molecular weight excluding hydrogens is 432 g/mol. The van der Waals surface area contributed by atoms with E-state index in [0.29, 0.717) is 30.3 Å². The molecule has 0 aromatic heterocycles. The minimum Gasteiger partial charge on any atom is -0.508 e. The van der Waals surface area contributed by atoms with Gasteiger partial charge in [0.2, 0.25) is 0 Å². The molecule has 0 radical (unpaired) electrons. The topological polar surface area (TPSA) is 99.4 Å². The van der Waals surface area contributed by atoms with Gasteiger partial charge in [0.25, 0.3) is 0 Å². The predicted octanol–water partition coefficient (Wildman–Crippen LogP) is 6.58. The predicted molar refractivity (Wildman–Crippen MR) is 133 cm³/mol. The molecule has 0 fully saturated rings. The fourth-order valence-corrected chi connectivity index (χ4v) is 4.27. The van der Waals surface area contributed by atoms with Gasteiger partial charge in [0.05, 0.1) is 5.56 Å². The Bertz CT molecular complexity index is 906. The lowest BCUT2D eigenvalue weighted by Crippen LogP contribution is -2.13. The summed E-state index contributed by atoms with van der Waals surface area (Å²) in [6, 6.07) is 9.45. The van der Waals surface area contributed by atoms with Crippen molar-refractivity contribution in [3.05, 3.63) is 53.6 Å². The third-order valence-corrected chi connectivity index (χ3v) is 6.16. The Morgan fingerprint density at radius 3 is 1.91 bits per heavy atom. The number of aliphatic hydroxyl groups is 1. The number of hydrogen-bond donors (Lipinski definition) is 4. The van der Waals surface area contributed by atoms with Crippen LogP contribution in [0.5, 0.6) is 23.0 Å². The van der Waals surface area contributed by atoms with E-state index in [1.54, 1.807) is 24.3 Å². The van der Waals surface area contributed by atoms with Gasteiger partial charge >= 0.3 is 0 Å². The first-order valence-electron chi connectivity index (χ1n) is 12.6. The van der Waals surface area contributed by atoms with Gasteiger partial charge < -0.3 is 29.9 Å². The normalized spacial score (nSPS) is 15.0. The maximum absolute atomic E-state index is 10.4. The highest BCUT2D eigenvalue weighted by atomic mass is 16.5. The number of benzene rings is 2. The number of ether oxygens (including phenoxy) is 2. The molecule has 6 nitrogen and oxygen atoms in total. The van der Waals surface area contributed by atoms with Crippen molar-refractivity contribution >= 4 is 5.76 Å². The molecule has 1 aliphatic heterocycles. The van der Waals surface area contributed by atoms with Gasteiger partial charge in [0.1, 0.15) is 34.9 Å². The first-order chi connectivity index (χ1) is 16.6. The molecule has 0 spiro atoms. The highest BCUT2D eigenvalue weighted by Gasteiger charge is 2.27. The van der Waals surface area contributed by atoms with E-state index in [1.807, 2.05) is 6.08 Å². The fourth-order valence-electron chi connectivity index (χ4n) is 4.27. The zero-order valence-corrected chi connectivity index (χ0v) is 19.9. The van der Waals surface area contributed by atoms with Crippen LogP contribution in [0.25, 0.3) is 5.76 Å². The molecule has 186 valence electrons. The Kier molecular flexibility index (Phi) is 10.6. The standard InChI is InChI=1S/C28H38O6/c29-16-10-8-6-4-2-1-3-5-7-9-11-17-33-26-20-25(21-12-14-22(30)15-13-21)34-27-19-23(31)18-24(32)28(26)27/h12-15,18-20,26,29-32H,1-11,16-17H2. The molecule has 4 N–H and O–H groups in total. The SMILES string of the molecule is OCCCCCCCCCCCCCOC1C=C(c2ccc(O)cc2)Oc2cc(O)cc(O)c21. The number of hydrogen-bond acceptors (Lipinski definition) is 6. The molecule has 0 aliphatic carbocycles.